The highest BCUT2D eigenvalue weighted by Gasteiger charge is 2.43. The number of aryl methyl sites for hydroxylation is 1. The van der Waals surface area contributed by atoms with Gasteiger partial charge in [-0.25, -0.2) is 18.6 Å². The lowest BCUT2D eigenvalue weighted by Gasteiger charge is -2.47. The van der Waals surface area contributed by atoms with Crippen LogP contribution in [0.3, 0.4) is 0 Å². The predicted molar refractivity (Wildman–Crippen MR) is 147 cm³/mol. The molecule has 0 bridgehead atoms. The van der Waals surface area contributed by atoms with Gasteiger partial charge in [-0.3, -0.25) is 4.90 Å². The molecule has 3 aliphatic rings. The molecule has 3 fully saturated rings. The Balaban J connectivity index is 1.27. The van der Waals surface area contributed by atoms with Crippen LogP contribution in [-0.2, 0) is 11.8 Å². The zero-order valence-corrected chi connectivity index (χ0v) is 23.4. The second kappa shape index (κ2) is 11.0. The molecule has 0 amide bonds. The first-order valence-electron chi connectivity index (χ1n) is 14.1. The van der Waals surface area contributed by atoms with E-state index in [9.17, 15) is 9.18 Å². The lowest BCUT2D eigenvalue weighted by Crippen LogP contribution is -2.55. The highest BCUT2D eigenvalue weighted by molar-refractivity contribution is 5.63. The Hall–Kier alpha value is -3.65. The molecule has 2 aromatic heterocycles. The Bertz CT molecular complexity index is 1470. The van der Waals surface area contributed by atoms with Crippen molar-refractivity contribution in [3.8, 4) is 11.4 Å². The van der Waals surface area contributed by atoms with Gasteiger partial charge >= 0.3 is 5.69 Å². The highest BCUT2D eigenvalue weighted by atomic mass is 19.1. The number of fused-ring (bicyclic) bond motifs is 1. The van der Waals surface area contributed by atoms with Crippen LogP contribution in [-0.4, -0.2) is 78.1 Å². The zero-order chi connectivity index (χ0) is 28.7. The summed E-state index contributed by atoms with van der Waals surface area (Å²) in [6.45, 7) is 6.60. The third-order valence-electron chi connectivity index (χ3n) is 8.25. The van der Waals surface area contributed by atoms with Gasteiger partial charge in [0.1, 0.15) is 17.5 Å². The Morgan fingerprint density at radius 3 is 2.68 bits per heavy atom. The van der Waals surface area contributed by atoms with E-state index < -0.39 is 17.3 Å². The van der Waals surface area contributed by atoms with E-state index in [-0.39, 0.29) is 46.6 Å². The third kappa shape index (κ3) is 5.62. The molecule has 5 heterocycles. The third-order valence-corrected chi connectivity index (χ3v) is 8.25. The van der Waals surface area contributed by atoms with Crippen molar-refractivity contribution in [2.75, 3.05) is 30.4 Å². The van der Waals surface area contributed by atoms with Crippen molar-refractivity contribution in [1.29, 1.82) is 0 Å². The van der Waals surface area contributed by atoms with Gasteiger partial charge in [0.25, 0.3) is 0 Å². The fraction of sp³-hybridized carbons (Fsp3) is 0.593. The molecule has 3 aliphatic heterocycles. The molecule has 0 aliphatic carbocycles. The van der Waals surface area contributed by atoms with Crippen LogP contribution in [0.25, 0.3) is 5.69 Å². The fourth-order valence-corrected chi connectivity index (χ4v) is 6.30. The van der Waals surface area contributed by atoms with Crippen LogP contribution in [0.1, 0.15) is 52.4 Å². The number of nitrogens with one attached hydrogen (secondary N) is 2. The summed E-state index contributed by atoms with van der Waals surface area (Å²) in [4.78, 5) is 23.6. The van der Waals surface area contributed by atoms with Crippen LogP contribution < -0.4 is 21.1 Å². The molecule has 0 radical (unpaired) electrons. The van der Waals surface area contributed by atoms with Crippen LogP contribution in [0, 0.1) is 11.6 Å². The first kappa shape index (κ1) is 27.5. The molecule has 1 unspecified atom stereocenters. The van der Waals surface area contributed by atoms with Gasteiger partial charge in [-0.05, 0) is 62.6 Å². The maximum Gasteiger partial charge on any atom is 0.368 e. The Morgan fingerprint density at radius 1 is 1.12 bits per heavy atom. The normalized spacial score (nSPS) is 22.9. The van der Waals surface area contributed by atoms with E-state index in [4.69, 9.17) is 9.47 Å². The van der Waals surface area contributed by atoms with Crippen LogP contribution in [0.2, 0.25) is 0 Å². The van der Waals surface area contributed by atoms with Gasteiger partial charge in [-0.15, -0.1) is 0 Å². The molecule has 6 rings (SSSR count). The van der Waals surface area contributed by atoms with Crippen LogP contribution in [0.15, 0.2) is 23.1 Å². The van der Waals surface area contributed by atoms with E-state index in [1.54, 1.807) is 0 Å². The quantitative estimate of drug-likeness (QED) is 0.437. The number of aromatic nitrogens is 6. The Kier molecular flexibility index (Phi) is 7.36. The smallest absolute Gasteiger partial charge is 0.368 e. The van der Waals surface area contributed by atoms with Gasteiger partial charge in [0.2, 0.25) is 5.95 Å². The van der Waals surface area contributed by atoms with Gasteiger partial charge in [0.15, 0.2) is 17.5 Å². The van der Waals surface area contributed by atoms with E-state index in [2.05, 4.69) is 49.8 Å². The van der Waals surface area contributed by atoms with Crippen molar-refractivity contribution in [1.82, 2.24) is 34.7 Å². The largest absolute Gasteiger partial charge is 0.488 e. The second-order valence-electron chi connectivity index (χ2n) is 11.6. The summed E-state index contributed by atoms with van der Waals surface area (Å²) in [5, 5.41) is 13.8. The van der Waals surface area contributed by atoms with Crippen molar-refractivity contribution in [2.45, 2.75) is 76.1 Å². The SMILES string of the molecule is Cn1nnn(-c2cc(Nc3ncc(F)c(N[C@@H]4CC5CCCN5C(C)(C)C4)n3)c(F)cc2OC2CCOCC2)c1=O. The van der Waals surface area contributed by atoms with E-state index in [1.807, 2.05) is 0 Å². The number of nitrogens with zero attached hydrogens (tertiary/aromatic N) is 7. The average Bonchev–Trinajstić information content (AvgIpc) is 3.55. The summed E-state index contributed by atoms with van der Waals surface area (Å²) < 4.78 is 43.8. The molecule has 3 saturated heterocycles. The zero-order valence-electron chi connectivity index (χ0n) is 23.4. The molecule has 0 spiro atoms. The number of halogens is 2. The van der Waals surface area contributed by atoms with Gasteiger partial charge in [-0.2, -0.15) is 14.3 Å². The van der Waals surface area contributed by atoms with Crippen molar-refractivity contribution >= 4 is 17.5 Å². The maximum atomic E-state index is 15.4. The number of tetrazole rings is 1. The van der Waals surface area contributed by atoms with Crippen molar-refractivity contribution in [3.63, 3.8) is 0 Å². The fourth-order valence-electron chi connectivity index (χ4n) is 6.30. The van der Waals surface area contributed by atoms with Gasteiger partial charge in [-0.1, -0.05) is 0 Å². The van der Waals surface area contributed by atoms with Gasteiger partial charge in [0.05, 0.1) is 25.1 Å². The van der Waals surface area contributed by atoms with E-state index in [1.165, 1.54) is 25.6 Å². The number of hydrogen-bond donors (Lipinski definition) is 2. The van der Waals surface area contributed by atoms with Crippen molar-refractivity contribution in [3.05, 3.63) is 40.4 Å². The van der Waals surface area contributed by atoms with E-state index >= 15 is 4.39 Å². The van der Waals surface area contributed by atoms with Gasteiger partial charge < -0.3 is 20.1 Å². The van der Waals surface area contributed by atoms with Crippen LogP contribution in [0.4, 0.5) is 26.2 Å². The van der Waals surface area contributed by atoms with Crippen molar-refractivity contribution in [2.24, 2.45) is 7.05 Å². The summed E-state index contributed by atoms with van der Waals surface area (Å²) in [6, 6.07) is 3.07. The topological polar surface area (TPSA) is 124 Å². The number of piperidine rings is 1. The minimum atomic E-state index is -0.662. The molecule has 14 heteroatoms. The van der Waals surface area contributed by atoms with Gasteiger partial charge in [0, 0.05) is 43.6 Å². The number of hydrogen-bond acceptors (Lipinski definition) is 10. The Labute approximate surface area is 236 Å². The Morgan fingerprint density at radius 2 is 1.93 bits per heavy atom. The lowest BCUT2D eigenvalue weighted by atomic mass is 9.84. The monoisotopic (exact) mass is 571 g/mol. The summed E-state index contributed by atoms with van der Waals surface area (Å²) in [7, 11) is 1.46. The predicted octanol–water partition coefficient (Wildman–Crippen LogP) is 3.15. The summed E-state index contributed by atoms with van der Waals surface area (Å²) in [6.07, 6.45) is 6.16. The molecule has 3 aromatic rings. The minimum Gasteiger partial charge on any atom is -0.488 e. The minimum absolute atomic E-state index is 0.000836. The molecule has 0 saturated carbocycles. The second-order valence-corrected chi connectivity index (χ2v) is 11.6. The highest BCUT2D eigenvalue weighted by Crippen LogP contribution is 2.39. The summed E-state index contributed by atoms with van der Waals surface area (Å²) >= 11 is 0. The standard InChI is InChI=1S/C27H35F2N9O3/c1-27(2)14-16(11-17-5-4-8-37(17)27)31-24-20(29)15-30-25(33-24)32-21-13-22(38-26(39)36(3)34-35-38)23(12-19(21)28)41-18-6-9-40-10-7-18/h12-13,15-18H,4-11,14H2,1-3H3,(H2,30,31,32,33)/t16-,17?/m1/s1. The molecule has 2 atom stereocenters. The molecule has 2 N–H and O–H groups in total. The van der Waals surface area contributed by atoms with Crippen LogP contribution in [0.5, 0.6) is 5.75 Å². The molecule has 220 valence electrons. The number of rotatable bonds is 7. The first-order valence-corrected chi connectivity index (χ1v) is 14.1. The number of anilines is 3. The van der Waals surface area contributed by atoms with E-state index in [0.717, 1.165) is 41.4 Å². The number of benzene rings is 1. The van der Waals surface area contributed by atoms with E-state index in [0.29, 0.717) is 32.1 Å². The van der Waals surface area contributed by atoms with Crippen LogP contribution >= 0.6 is 0 Å². The number of ether oxygens (including phenoxy) is 2. The van der Waals surface area contributed by atoms with Crippen molar-refractivity contribution < 1.29 is 18.3 Å². The first-order chi connectivity index (χ1) is 19.7. The summed E-state index contributed by atoms with van der Waals surface area (Å²) in [5.74, 6) is -1.05. The molecule has 1 aromatic carbocycles. The molecule has 12 nitrogen and oxygen atoms in total. The summed E-state index contributed by atoms with van der Waals surface area (Å²) in [5.41, 5.74) is -0.367. The lowest BCUT2D eigenvalue weighted by molar-refractivity contribution is 0.0254. The average molecular weight is 572 g/mol. The molecule has 41 heavy (non-hydrogen) atoms. The maximum absolute atomic E-state index is 15.4. The molecular weight excluding hydrogens is 536 g/mol. The molecular formula is C27H35F2N9O3.